The number of hydrogen-bond acceptors (Lipinski definition) is 4. The maximum atomic E-state index is 12.2. The fraction of sp³-hybridized carbons (Fsp3) is 0.348. The van der Waals surface area contributed by atoms with Crippen molar-refractivity contribution in [1.29, 1.82) is 0 Å². The van der Waals surface area contributed by atoms with Gasteiger partial charge in [-0.3, -0.25) is 9.69 Å². The second kappa shape index (κ2) is 8.76. The molecular weight excluding hydrogens is 368 g/mol. The molecule has 28 heavy (non-hydrogen) atoms. The molecule has 4 rings (SSSR count). The molecule has 0 amide bonds. The minimum atomic E-state index is 0.274. The van der Waals surface area contributed by atoms with Crippen LogP contribution in [0.4, 0.5) is 0 Å². The Bertz CT molecular complexity index is 972. The number of carbonyl (C=O) groups excluding carboxylic acids is 1. The van der Waals surface area contributed by atoms with Crippen LogP contribution in [0.2, 0.25) is 0 Å². The number of fused-ring (bicyclic) bond motifs is 1. The van der Waals surface area contributed by atoms with Gasteiger partial charge in [-0.2, -0.15) is 0 Å². The Morgan fingerprint density at radius 2 is 2.25 bits per heavy atom. The molecule has 5 heteroatoms. The van der Waals surface area contributed by atoms with Crippen molar-refractivity contribution >= 4 is 28.0 Å². The highest BCUT2D eigenvalue weighted by atomic mass is 32.1. The van der Waals surface area contributed by atoms with Crippen molar-refractivity contribution in [2.75, 3.05) is 26.7 Å². The number of rotatable bonds is 8. The largest absolute Gasteiger partial charge is 0.497 e. The van der Waals surface area contributed by atoms with Gasteiger partial charge in [0, 0.05) is 36.6 Å². The molecule has 1 aliphatic heterocycles. The van der Waals surface area contributed by atoms with Gasteiger partial charge in [0.2, 0.25) is 0 Å². The lowest BCUT2D eigenvalue weighted by Gasteiger charge is -2.27. The number of nitrogens with zero attached hydrogens (tertiary/aromatic N) is 1. The summed E-state index contributed by atoms with van der Waals surface area (Å²) < 4.78 is 5.38. The smallest absolute Gasteiger partial charge is 0.172 e. The van der Waals surface area contributed by atoms with E-state index in [0.717, 1.165) is 55.0 Å². The SMILES string of the molecule is COc1ccc2[nH]cc(CC3=CCCN(CCCC(=O)c4cccs4)C3)c2c1. The van der Waals surface area contributed by atoms with Crippen molar-refractivity contribution in [2.45, 2.75) is 25.7 Å². The first-order valence-corrected chi connectivity index (χ1v) is 10.7. The van der Waals surface area contributed by atoms with Crippen molar-refractivity contribution in [3.8, 4) is 5.75 Å². The van der Waals surface area contributed by atoms with Crippen LogP contribution in [0, 0.1) is 0 Å². The highest BCUT2D eigenvalue weighted by Gasteiger charge is 2.15. The molecule has 0 aliphatic carbocycles. The number of ketones is 1. The molecule has 0 saturated heterocycles. The Labute approximate surface area is 169 Å². The van der Waals surface area contributed by atoms with E-state index < -0.39 is 0 Å². The Morgan fingerprint density at radius 1 is 1.32 bits per heavy atom. The van der Waals surface area contributed by atoms with Gasteiger partial charge in [-0.25, -0.2) is 0 Å². The summed E-state index contributed by atoms with van der Waals surface area (Å²) in [7, 11) is 1.71. The number of aromatic amines is 1. The number of thiophene rings is 1. The number of aromatic nitrogens is 1. The summed E-state index contributed by atoms with van der Waals surface area (Å²) in [5.74, 6) is 1.17. The van der Waals surface area contributed by atoms with Crippen molar-refractivity contribution in [3.05, 3.63) is 64.0 Å². The molecule has 1 aliphatic rings. The van der Waals surface area contributed by atoms with Crippen molar-refractivity contribution < 1.29 is 9.53 Å². The van der Waals surface area contributed by atoms with Crippen LogP contribution in [0.15, 0.2) is 53.6 Å². The average Bonchev–Trinajstić information content (AvgIpc) is 3.38. The van der Waals surface area contributed by atoms with E-state index in [1.807, 2.05) is 23.6 Å². The summed E-state index contributed by atoms with van der Waals surface area (Å²) in [5, 5.41) is 3.20. The lowest BCUT2D eigenvalue weighted by molar-refractivity contribution is 0.0979. The molecule has 2 aromatic heterocycles. The molecule has 1 N–H and O–H groups in total. The number of hydrogen-bond donors (Lipinski definition) is 1. The molecule has 0 saturated carbocycles. The van der Waals surface area contributed by atoms with Crippen LogP contribution in [0.3, 0.4) is 0 Å². The molecule has 4 nitrogen and oxygen atoms in total. The predicted octanol–water partition coefficient (Wildman–Crippen LogP) is 5.08. The van der Waals surface area contributed by atoms with Crippen molar-refractivity contribution in [2.24, 2.45) is 0 Å². The molecule has 1 aromatic carbocycles. The van der Waals surface area contributed by atoms with E-state index in [4.69, 9.17) is 4.74 Å². The minimum absolute atomic E-state index is 0.274. The van der Waals surface area contributed by atoms with E-state index in [2.05, 4.69) is 34.3 Å². The second-order valence-electron chi connectivity index (χ2n) is 7.33. The van der Waals surface area contributed by atoms with Gasteiger partial charge in [0.05, 0.1) is 12.0 Å². The van der Waals surface area contributed by atoms with Gasteiger partial charge in [0.15, 0.2) is 5.78 Å². The van der Waals surface area contributed by atoms with Crippen molar-refractivity contribution in [1.82, 2.24) is 9.88 Å². The number of ether oxygens (including phenoxy) is 1. The molecule has 0 atom stereocenters. The Morgan fingerprint density at radius 3 is 3.07 bits per heavy atom. The van der Waals surface area contributed by atoms with Gasteiger partial charge in [0.25, 0.3) is 0 Å². The number of H-pyrrole nitrogens is 1. The zero-order valence-corrected chi connectivity index (χ0v) is 17.1. The van der Waals surface area contributed by atoms with Crippen LogP contribution >= 0.6 is 11.3 Å². The zero-order valence-electron chi connectivity index (χ0n) is 16.2. The molecule has 0 spiro atoms. The number of carbonyl (C=O) groups is 1. The molecule has 0 bridgehead atoms. The fourth-order valence-electron chi connectivity index (χ4n) is 3.90. The lowest BCUT2D eigenvalue weighted by atomic mass is 10.00. The van der Waals surface area contributed by atoms with Gasteiger partial charge >= 0.3 is 0 Å². The normalized spacial score (nSPS) is 15.0. The predicted molar refractivity (Wildman–Crippen MR) is 116 cm³/mol. The summed E-state index contributed by atoms with van der Waals surface area (Å²) in [6.07, 6.45) is 8.10. The molecule has 146 valence electrons. The number of benzene rings is 1. The molecular formula is C23H26N2O2S. The number of nitrogens with one attached hydrogen (secondary N) is 1. The molecule has 0 radical (unpaired) electrons. The van der Waals surface area contributed by atoms with Crippen LogP contribution in [0.25, 0.3) is 10.9 Å². The summed E-state index contributed by atoms with van der Waals surface area (Å²) in [4.78, 5) is 18.9. The summed E-state index contributed by atoms with van der Waals surface area (Å²) in [6, 6.07) is 10.0. The van der Waals surface area contributed by atoms with E-state index in [1.165, 1.54) is 27.9 Å². The molecule has 3 aromatic rings. The van der Waals surface area contributed by atoms with E-state index in [0.29, 0.717) is 6.42 Å². The third kappa shape index (κ3) is 4.37. The summed E-state index contributed by atoms with van der Waals surface area (Å²) in [5.41, 5.74) is 3.92. The van der Waals surface area contributed by atoms with Crippen LogP contribution in [0.5, 0.6) is 5.75 Å². The molecule has 3 heterocycles. The Kier molecular flexibility index (Phi) is 5.93. The van der Waals surface area contributed by atoms with E-state index >= 15 is 0 Å². The van der Waals surface area contributed by atoms with Crippen LogP contribution in [-0.2, 0) is 6.42 Å². The zero-order chi connectivity index (χ0) is 19.3. The number of Topliss-reactive ketones (excluding diaryl/α,β-unsaturated/α-hetero) is 1. The van der Waals surface area contributed by atoms with Gasteiger partial charge < -0.3 is 9.72 Å². The van der Waals surface area contributed by atoms with E-state index in [-0.39, 0.29) is 5.78 Å². The Balaban J connectivity index is 1.33. The first kappa shape index (κ1) is 19.0. The van der Waals surface area contributed by atoms with Crippen LogP contribution < -0.4 is 4.74 Å². The first-order chi connectivity index (χ1) is 13.7. The van der Waals surface area contributed by atoms with Crippen molar-refractivity contribution in [3.63, 3.8) is 0 Å². The first-order valence-electron chi connectivity index (χ1n) is 9.84. The lowest BCUT2D eigenvalue weighted by Crippen LogP contribution is -2.31. The van der Waals surface area contributed by atoms with Gasteiger partial charge in [-0.15, -0.1) is 11.3 Å². The third-order valence-electron chi connectivity index (χ3n) is 5.37. The van der Waals surface area contributed by atoms with E-state index in [1.54, 1.807) is 7.11 Å². The molecule has 0 unspecified atom stereocenters. The highest BCUT2D eigenvalue weighted by molar-refractivity contribution is 7.12. The molecule has 0 fully saturated rings. The van der Waals surface area contributed by atoms with Gasteiger partial charge in [0.1, 0.15) is 5.75 Å². The number of methoxy groups -OCH3 is 1. The monoisotopic (exact) mass is 394 g/mol. The fourth-order valence-corrected chi connectivity index (χ4v) is 4.59. The topological polar surface area (TPSA) is 45.3 Å². The Hall–Kier alpha value is -2.37. The maximum Gasteiger partial charge on any atom is 0.172 e. The maximum absolute atomic E-state index is 12.2. The van der Waals surface area contributed by atoms with E-state index in [9.17, 15) is 4.79 Å². The highest BCUT2D eigenvalue weighted by Crippen LogP contribution is 2.26. The third-order valence-corrected chi connectivity index (χ3v) is 6.28. The minimum Gasteiger partial charge on any atom is -0.497 e. The van der Waals surface area contributed by atoms with Crippen LogP contribution in [-0.4, -0.2) is 42.4 Å². The standard InChI is InChI=1S/C23H26N2O2S/c1-27-19-8-9-21-20(14-19)18(15-24-21)13-17-5-2-10-25(16-17)11-3-6-22(26)23-7-4-12-28-23/h4-5,7-9,12,14-15,24H,2-3,6,10-11,13,16H2,1H3. The van der Waals surface area contributed by atoms with Gasteiger partial charge in [-0.1, -0.05) is 17.7 Å². The van der Waals surface area contributed by atoms with Gasteiger partial charge in [-0.05, 0) is 61.0 Å². The summed E-state index contributed by atoms with van der Waals surface area (Å²) in [6.45, 7) is 3.05. The second-order valence-corrected chi connectivity index (χ2v) is 8.28. The summed E-state index contributed by atoms with van der Waals surface area (Å²) >= 11 is 1.54. The van der Waals surface area contributed by atoms with Crippen LogP contribution in [0.1, 0.15) is 34.5 Å². The average molecular weight is 395 g/mol. The quantitative estimate of drug-likeness (QED) is 0.428.